The van der Waals surface area contributed by atoms with Crippen molar-refractivity contribution in [3.63, 3.8) is 0 Å². The lowest BCUT2D eigenvalue weighted by molar-refractivity contribution is -0.384. The molecule has 0 aliphatic heterocycles. The normalized spacial score (nSPS) is 10.9. The van der Waals surface area contributed by atoms with Crippen LogP contribution < -0.4 is 5.32 Å². The summed E-state index contributed by atoms with van der Waals surface area (Å²) < 4.78 is 2.47. The second kappa shape index (κ2) is 8.43. The molecule has 3 aromatic carbocycles. The van der Waals surface area contributed by atoms with Crippen LogP contribution in [0.4, 0.5) is 11.4 Å². The van der Waals surface area contributed by atoms with Crippen LogP contribution in [0, 0.1) is 10.1 Å². The van der Waals surface area contributed by atoms with Crippen LogP contribution in [0.5, 0.6) is 0 Å². The van der Waals surface area contributed by atoms with Gasteiger partial charge in [0.05, 0.1) is 20.8 Å². The summed E-state index contributed by atoms with van der Waals surface area (Å²) in [5.74, 6) is -0.500. The number of fused-ring (bicyclic) bond motifs is 1. The Morgan fingerprint density at radius 2 is 1.90 bits per heavy atom. The Morgan fingerprint density at radius 3 is 2.63 bits per heavy atom. The molecule has 6 nitrogen and oxygen atoms in total. The van der Waals surface area contributed by atoms with Crippen molar-refractivity contribution in [2.75, 3.05) is 5.32 Å². The van der Waals surface area contributed by atoms with Gasteiger partial charge in [0.25, 0.3) is 11.6 Å². The summed E-state index contributed by atoms with van der Waals surface area (Å²) in [7, 11) is 0. The minimum Gasteiger partial charge on any atom is -0.320 e. The van der Waals surface area contributed by atoms with E-state index < -0.39 is 10.8 Å². The number of hydrogen-bond acceptors (Lipinski definition) is 5. The Hall–Kier alpha value is -2.33. The van der Waals surface area contributed by atoms with Crippen LogP contribution in [0.3, 0.4) is 0 Å². The molecule has 1 aromatic heterocycles. The van der Waals surface area contributed by atoms with Crippen LogP contribution in [-0.4, -0.2) is 15.8 Å². The zero-order valence-corrected chi connectivity index (χ0v) is 19.6. The number of nitrogens with one attached hydrogen (secondary N) is 1. The predicted molar refractivity (Wildman–Crippen MR) is 127 cm³/mol. The number of halogens is 3. The number of aromatic nitrogens is 1. The van der Waals surface area contributed by atoms with E-state index in [1.165, 1.54) is 23.5 Å². The van der Waals surface area contributed by atoms with Gasteiger partial charge in [-0.15, -0.1) is 11.3 Å². The van der Waals surface area contributed by atoms with Crippen LogP contribution in [0.1, 0.15) is 10.4 Å². The van der Waals surface area contributed by atoms with Gasteiger partial charge >= 0.3 is 0 Å². The molecule has 0 bridgehead atoms. The molecule has 0 saturated carbocycles. The third-order valence-corrected chi connectivity index (χ3v) is 6.70. The van der Waals surface area contributed by atoms with Gasteiger partial charge < -0.3 is 5.32 Å². The number of hydrogen-bond donors (Lipinski definition) is 1. The van der Waals surface area contributed by atoms with Gasteiger partial charge in [-0.3, -0.25) is 14.9 Å². The van der Waals surface area contributed by atoms with Crippen LogP contribution >= 0.6 is 54.8 Å². The molecule has 4 rings (SSSR count). The summed E-state index contributed by atoms with van der Waals surface area (Å²) in [6, 6.07) is 15.4. The number of nitro groups is 1. The highest BCUT2D eigenvalue weighted by atomic mass is 79.9. The number of para-hydroxylation sites is 1. The number of anilines is 1. The molecule has 1 heterocycles. The molecular weight excluding hydrogens is 558 g/mol. The van der Waals surface area contributed by atoms with Crippen molar-refractivity contribution in [1.29, 1.82) is 0 Å². The molecule has 0 atom stereocenters. The molecule has 0 aliphatic rings. The third kappa shape index (κ3) is 4.11. The smallest absolute Gasteiger partial charge is 0.288 e. The van der Waals surface area contributed by atoms with Crippen molar-refractivity contribution < 1.29 is 9.72 Å². The van der Waals surface area contributed by atoms with Gasteiger partial charge in [-0.2, -0.15) is 0 Å². The van der Waals surface area contributed by atoms with E-state index in [-0.39, 0.29) is 16.3 Å². The van der Waals surface area contributed by atoms with E-state index in [4.69, 9.17) is 11.6 Å². The average molecular weight is 568 g/mol. The summed E-state index contributed by atoms with van der Waals surface area (Å²) in [6.45, 7) is 0. The maximum Gasteiger partial charge on any atom is 0.288 e. The highest BCUT2D eigenvalue weighted by molar-refractivity contribution is 9.11. The van der Waals surface area contributed by atoms with Crippen LogP contribution in [0.15, 0.2) is 63.5 Å². The minimum atomic E-state index is -0.624. The molecule has 0 aliphatic carbocycles. The maximum absolute atomic E-state index is 12.9. The fourth-order valence-corrected chi connectivity index (χ4v) is 5.34. The number of nitrogens with zero attached hydrogens (tertiary/aromatic N) is 2. The topological polar surface area (TPSA) is 85.1 Å². The third-order valence-electron chi connectivity index (χ3n) is 4.22. The van der Waals surface area contributed by atoms with Crippen molar-refractivity contribution in [3.8, 4) is 10.6 Å². The predicted octanol–water partition coefficient (Wildman–Crippen LogP) is 7.30. The van der Waals surface area contributed by atoms with E-state index in [2.05, 4.69) is 42.2 Å². The van der Waals surface area contributed by atoms with Gasteiger partial charge in [-0.1, -0.05) is 39.7 Å². The number of carbonyl (C=O) groups excluding carboxylic acids is 1. The minimum absolute atomic E-state index is 0.0310. The molecule has 0 saturated heterocycles. The fourth-order valence-electron chi connectivity index (χ4n) is 2.84. The Balaban J connectivity index is 1.77. The Morgan fingerprint density at radius 1 is 1.13 bits per heavy atom. The number of benzene rings is 3. The lowest BCUT2D eigenvalue weighted by Gasteiger charge is -2.13. The molecule has 10 heteroatoms. The van der Waals surface area contributed by atoms with E-state index >= 15 is 0 Å². The van der Waals surface area contributed by atoms with Crippen molar-refractivity contribution in [2.45, 2.75) is 0 Å². The molecule has 4 aromatic rings. The molecule has 0 unspecified atom stereocenters. The number of carbonyl (C=O) groups is 1. The number of rotatable bonds is 4. The van der Waals surface area contributed by atoms with Crippen molar-refractivity contribution in [1.82, 2.24) is 4.98 Å². The number of thiazole rings is 1. The summed E-state index contributed by atoms with van der Waals surface area (Å²) in [6.07, 6.45) is 0. The van der Waals surface area contributed by atoms with Crippen molar-refractivity contribution in [2.24, 2.45) is 0 Å². The summed E-state index contributed by atoms with van der Waals surface area (Å²) >= 11 is 14.3. The Bertz CT molecular complexity index is 1290. The van der Waals surface area contributed by atoms with Gasteiger partial charge in [0.2, 0.25) is 0 Å². The lowest BCUT2D eigenvalue weighted by Crippen LogP contribution is -2.13. The highest BCUT2D eigenvalue weighted by Crippen LogP contribution is 2.40. The van der Waals surface area contributed by atoms with Crippen LogP contribution in [-0.2, 0) is 0 Å². The first-order chi connectivity index (χ1) is 14.3. The first kappa shape index (κ1) is 20.9. The SMILES string of the molecule is O=C(Nc1c(Br)cc(Br)cc1-c1nc2ccccc2s1)c1ccc(Cl)c([N+](=O)[O-])c1. The van der Waals surface area contributed by atoms with E-state index in [1.54, 1.807) is 6.07 Å². The zero-order chi connectivity index (χ0) is 21.4. The second-order valence-electron chi connectivity index (χ2n) is 6.17. The first-order valence-electron chi connectivity index (χ1n) is 8.44. The van der Waals surface area contributed by atoms with E-state index in [9.17, 15) is 14.9 Å². The Labute approximate surface area is 196 Å². The van der Waals surface area contributed by atoms with Crippen LogP contribution in [0.25, 0.3) is 20.8 Å². The average Bonchev–Trinajstić information content (AvgIpc) is 3.13. The van der Waals surface area contributed by atoms with Gasteiger partial charge in [-0.05, 0) is 52.3 Å². The second-order valence-corrected chi connectivity index (χ2v) is 9.38. The van der Waals surface area contributed by atoms with E-state index in [0.717, 1.165) is 25.8 Å². The van der Waals surface area contributed by atoms with Gasteiger partial charge in [0.1, 0.15) is 10.0 Å². The lowest BCUT2D eigenvalue weighted by atomic mass is 10.1. The molecule has 30 heavy (non-hydrogen) atoms. The molecule has 150 valence electrons. The molecule has 0 spiro atoms. The fraction of sp³-hybridized carbons (Fsp3) is 0. The summed E-state index contributed by atoms with van der Waals surface area (Å²) in [4.78, 5) is 28.1. The van der Waals surface area contributed by atoms with Gasteiger partial charge in [-0.25, -0.2) is 4.98 Å². The number of nitro benzene ring substituents is 1. The summed E-state index contributed by atoms with van der Waals surface area (Å²) in [5.41, 5.74) is 1.88. The molecule has 0 fully saturated rings. The van der Waals surface area contributed by atoms with Gasteiger partial charge in [0, 0.05) is 26.1 Å². The van der Waals surface area contributed by atoms with Crippen molar-refractivity contribution in [3.05, 3.63) is 84.2 Å². The zero-order valence-electron chi connectivity index (χ0n) is 14.9. The van der Waals surface area contributed by atoms with Crippen LogP contribution in [0.2, 0.25) is 5.02 Å². The maximum atomic E-state index is 12.9. The highest BCUT2D eigenvalue weighted by Gasteiger charge is 2.20. The van der Waals surface area contributed by atoms with E-state index in [0.29, 0.717) is 15.7 Å². The molecule has 1 amide bonds. The van der Waals surface area contributed by atoms with Gasteiger partial charge in [0.15, 0.2) is 0 Å². The first-order valence-corrected chi connectivity index (χ1v) is 11.2. The molecule has 1 N–H and O–H groups in total. The molecular formula is C20H10Br2ClN3O3S. The number of amides is 1. The van der Waals surface area contributed by atoms with Crippen molar-refractivity contribution >= 4 is 82.3 Å². The largest absolute Gasteiger partial charge is 0.320 e. The van der Waals surface area contributed by atoms with E-state index in [1.807, 2.05) is 30.3 Å². The Kier molecular flexibility index (Phi) is 5.88. The molecule has 0 radical (unpaired) electrons. The summed E-state index contributed by atoms with van der Waals surface area (Å²) in [5, 5.41) is 14.7. The standard InChI is InChI=1S/C20H10Br2ClN3O3S/c21-11-8-12(20-24-15-3-1-2-4-17(15)30-20)18(13(22)9-11)25-19(27)10-5-6-14(23)16(7-10)26(28)29/h1-9H,(H,25,27). The quantitative estimate of drug-likeness (QED) is 0.207. The monoisotopic (exact) mass is 565 g/mol.